The Morgan fingerprint density at radius 2 is 1.89 bits per heavy atom. The average molecular weight is 283 g/mol. The fourth-order valence-corrected chi connectivity index (χ4v) is 3.01. The smallest absolute Gasteiger partial charge is 0.237 e. The first-order valence-electron chi connectivity index (χ1n) is 5.64. The summed E-state index contributed by atoms with van der Waals surface area (Å²) in [5.41, 5.74) is 2.22. The number of hydrogen-bond donors (Lipinski definition) is 2. The van der Waals surface area contributed by atoms with Gasteiger partial charge < -0.3 is 0 Å². The number of aromatic nitrogens is 2. The zero-order valence-electron chi connectivity index (χ0n) is 10.6. The molecule has 0 aliphatic rings. The lowest BCUT2D eigenvalue weighted by Crippen LogP contribution is -2.16. The number of halogens is 1. The SMILES string of the molecule is Cc1n[nH]c(C)c1NS(=O)(=O)Cc1ccc(F)cc1. The normalized spacial score (nSPS) is 11.5. The summed E-state index contributed by atoms with van der Waals surface area (Å²) in [5, 5.41) is 6.62. The number of anilines is 1. The standard InChI is InChI=1S/C12H14FN3O2S/c1-8-12(9(2)15-14-8)16-19(17,18)7-10-3-5-11(13)6-4-10/h3-6,16H,7H2,1-2H3,(H,14,15). The molecule has 2 N–H and O–H groups in total. The molecule has 0 fully saturated rings. The lowest BCUT2D eigenvalue weighted by atomic mass is 10.2. The maximum atomic E-state index is 12.8. The summed E-state index contributed by atoms with van der Waals surface area (Å²) in [7, 11) is -3.55. The number of sulfonamides is 1. The van der Waals surface area contributed by atoms with Gasteiger partial charge in [-0.05, 0) is 31.5 Å². The first-order chi connectivity index (χ1) is 8.87. The molecule has 19 heavy (non-hydrogen) atoms. The second-order valence-electron chi connectivity index (χ2n) is 4.30. The molecule has 0 unspecified atom stereocenters. The Morgan fingerprint density at radius 1 is 1.26 bits per heavy atom. The van der Waals surface area contributed by atoms with E-state index in [0.29, 0.717) is 22.6 Å². The highest BCUT2D eigenvalue weighted by molar-refractivity contribution is 7.91. The molecule has 0 saturated carbocycles. The van der Waals surface area contributed by atoms with Gasteiger partial charge in [-0.25, -0.2) is 12.8 Å². The number of H-pyrrole nitrogens is 1. The van der Waals surface area contributed by atoms with Crippen molar-refractivity contribution in [2.24, 2.45) is 0 Å². The van der Waals surface area contributed by atoms with E-state index in [-0.39, 0.29) is 5.75 Å². The zero-order valence-corrected chi connectivity index (χ0v) is 11.4. The van der Waals surface area contributed by atoms with E-state index in [0.717, 1.165) is 0 Å². The predicted molar refractivity (Wildman–Crippen MR) is 70.7 cm³/mol. The van der Waals surface area contributed by atoms with Crippen LogP contribution in [0.4, 0.5) is 10.1 Å². The minimum Gasteiger partial charge on any atom is -0.280 e. The fraction of sp³-hybridized carbons (Fsp3) is 0.250. The Labute approximate surface area is 110 Å². The van der Waals surface area contributed by atoms with E-state index in [9.17, 15) is 12.8 Å². The van der Waals surface area contributed by atoms with Gasteiger partial charge in [-0.3, -0.25) is 9.82 Å². The van der Waals surface area contributed by atoms with Crippen LogP contribution in [0.5, 0.6) is 0 Å². The average Bonchev–Trinajstić information content (AvgIpc) is 2.63. The molecule has 0 amide bonds. The third kappa shape index (κ3) is 3.31. The van der Waals surface area contributed by atoms with Crippen LogP contribution >= 0.6 is 0 Å². The zero-order chi connectivity index (χ0) is 14.0. The Kier molecular flexibility index (Phi) is 3.57. The molecule has 2 rings (SSSR count). The molecule has 0 bridgehead atoms. The summed E-state index contributed by atoms with van der Waals surface area (Å²) in [5.74, 6) is -0.604. The largest absolute Gasteiger partial charge is 0.280 e. The van der Waals surface area contributed by atoms with Crippen LogP contribution in [0.2, 0.25) is 0 Å². The number of rotatable bonds is 4. The summed E-state index contributed by atoms with van der Waals surface area (Å²) in [6.45, 7) is 3.44. The number of aromatic amines is 1. The number of hydrogen-bond acceptors (Lipinski definition) is 3. The molecule has 0 atom stereocenters. The van der Waals surface area contributed by atoms with Crippen molar-refractivity contribution in [3.63, 3.8) is 0 Å². The molecular formula is C12H14FN3O2S. The van der Waals surface area contributed by atoms with Gasteiger partial charge in [-0.2, -0.15) is 5.10 Å². The molecule has 0 spiro atoms. The van der Waals surface area contributed by atoms with Crippen LogP contribution in [0.1, 0.15) is 17.0 Å². The van der Waals surface area contributed by atoms with E-state index >= 15 is 0 Å². The quantitative estimate of drug-likeness (QED) is 0.902. The van der Waals surface area contributed by atoms with Crippen molar-refractivity contribution in [2.45, 2.75) is 19.6 Å². The first kappa shape index (κ1) is 13.5. The van der Waals surface area contributed by atoms with E-state index in [1.807, 2.05) is 0 Å². The van der Waals surface area contributed by atoms with Crippen molar-refractivity contribution in [1.29, 1.82) is 0 Å². The molecule has 0 aliphatic carbocycles. The van der Waals surface area contributed by atoms with Crippen LogP contribution in [0, 0.1) is 19.7 Å². The molecule has 1 aromatic heterocycles. The second-order valence-corrected chi connectivity index (χ2v) is 6.02. The molecule has 2 aromatic rings. The van der Waals surface area contributed by atoms with Crippen LogP contribution in [-0.4, -0.2) is 18.6 Å². The van der Waals surface area contributed by atoms with Crippen molar-refractivity contribution in [1.82, 2.24) is 10.2 Å². The van der Waals surface area contributed by atoms with Gasteiger partial charge in [0.05, 0.1) is 22.8 Å². The van der Waals surface area contributed by atoms with E-state index in [1.54, 1.807) is 13.8 Å². The third-order valence-electron chi connectivity index (χ3n) is 2.66. The van der Waals surface area contributed by atoms with E-state index in [1.165, 1.54) is 24.3 Å². The minimum atomic E-state index is -3.55. The maximum absolute atomic E-state index is 12.8. The van der Waals surface area contributed by atoms with Crippen LogP contribution in [0.25, 0.3) is 0 Å². The topological polar surface area (TPSA) is 74.8 Å². The molecular weight excluding hydrogens is 269 g/mol. The number of benzene rings is 1. The minimum absolute atomic E-state index is 0.211. The molecule has 0 saturated heterocycles. The lowest BCUT2D eigenvalue weighted by molar-refractivity contribution is 0.599. The van der Waals surface area contributed by atoms with Gasteiger partial charge in [0.2, 0.25) is 10.0 Å². The summed E-state index contributed by atoms with van der Waals surface area (Å²) < 4.78 is 39.3. The van der Waals surface area contributed by atoms with Gasteiger partial charge >= 0.3 is 0 Å². The Morgan fingerprint density at radius 3 is 2.42 bits per heavy atom. The van der Waals surface area contributed by atoms with Gasteiger partial charge in [0.25, 0.3) is 0 Å². The van der Waals surface area contributed by atoms with Gasteiger partial charge in [-0.1, -0.05) is 12.1 Å². The Bertz CT molecular complexity index is 658. The van der Waals surface area contributed by atoms with Crippen LogP contribution < -0.4 is 4.72 Å². The molecule has 1 aromatic carbocycles. The van der Waals surface area contributed by atoms with Crippen molar-refractivity contribution in [3.05, 3.63) is 47.0 Å². The third-order valence-corrected chi connectivity index (χ3v) is 3.88. The summed E-state index contributed by atoms with van der Waals surface area (Å²) >= 11 is 0. The van der Waals surface area contributed by atoms with Crippen LogP contribution in [-0.2, 0) is 15.8 Å². The highest BCUT2D eigenvalue weighted by atomic mass is 32.2. The molecule has 0 aliphatic heterocycles. The first-order valence-corrected chi connectivity index (χ1v) is 7.29. The molecule has 5 nitrogen and oxygen atoms in total. The molecule has 1 heterocycles. The maximum Gasteiger partial charge on any atom is 0.237 e. The van der Waals surface area contributed by atoms with Crippen molar-refractivity contribution in [2.75, 3.05) is 4.72 Å². The van der Waals surface area contributed by atoms with Gasteiger partial charge in [0, 0.05) is 0 Å². The van der Waals surface area contributed by atoms with Gasteiger partial charge in [0.15, 0.2) is 0 Å². The highest BCUT2D eigenvalue weighted by Crippen LogP contribution is 2.19. The lowest BCUT2D eigenvalue weighted by Gasteiger charge is -2.08. The van der Waals surface area contributed by atoms with Crippen LogP contribution in [0.3, 0.4) is 0 Å². The van der Waals surface area contributed by atoms with Gasteiger partial charge in [-0.15, -0.1) is 0 Å². The van der Waals surface area contributed by atoms with Crippen molar-refractivity contribution < 1.29 is 12.8 Å². The van der Waals surface area contributed by atoms with E-state index in [2.05, 4.69) is 14.9 Å². The van der Waals surface area contributed by atoms with E-state index < -0.39 is 15.8 Å². The fourth-order valence-electron chi connectivity index (χ4n) is 1.69. The summed E-state index contributed by atoms with van der Waals surface area (Å²) in [6.07, 6.45) is 0. The number of nitrogens with one attached hydrogen (secondary N) is 2. The molecule has 102 valence electrons. The van der Waals surface area contributed by atoms with Crippen molar-refractivity contribution in [3.8, 4) is 0 Å². The molecule has 7 heteroatoms. The Hall–Kier alpha value is -1.89. The van der Waals surface area contributed by atoms with Crippen LogP contribution in [0.15, 0.2) is 24.3 Å². The monoisotopic (exact) mass is 283 g/mol. The summed E-state index contributed by atoms with van der Waals surface area (Å²) in [4.78, 5) is 0. The van der Waals surface area contributed by atoms with Gasteiger partial charge in [0.1, 0.15) is 5.82 Å². The molecule has 0 radical (unpaired) electrons. The predicted octanol–water partition coefficient (Wildman–Crippen LogP) is 2.11. The highest BCUT2D eigenvalue weighted by Gasteiger charge is 2.16. The second kappa shape index (κ2) is 5.00. The summed E-state index contributed by atoms with van der Waals surface area (Å²) in [6, 6.07) is 5.37. The number of nitrogens with zero attached hydrogens (tertiary/aromatic N) is 1. The van der Waals surface area contributed by atoms with Crippen molar-refractivity contribution >= 4 is 15.7 Å². The van der Waals surface area contributed by atoms with E-state index in [4.69, 9.17) is 0 Å². The number of aryl methyl sites for hydroxylation is 2. The Balaban J connectivity index is 2.17.